The number of carboxylic acid groups (broad SMARTS) is 1. The first-order chi connectivity index (χ1) is 9.09. The van der Waals surface area contributed by atoms with E-state index in [2.05, 4.69) is 20.5 Å². The molecule has 102 valence electrons. The first kappa shape index (κ1) is 13.3. The molecule has 2 rings (SSSR count). The number of aromatic nitrogens is 3. The molecule has 7 nitrogen and oxygen atoms in total. The van der Waals surface area contributed by atoms with Crippen LogP contribution in [0.5, 0.6) is 0 Å². The predicted octanol–water partition coefficient (Wildman–Crippen LogP) is 0.649. The number of allylic oxidation sites excluding steroid dienone is 2. The molecule has 0 saturated heterocycles. The third-order valence-corrected chi connectivity index (χ3v) is 3.29. The minimum Gasteiger partial charge on any atom is -0.481 e. The first-order valence-electron chi connectivity index (χ1n) is 6.13. The molecule has 0 saturated carbocycles. The molecule has 0 spiro atoms. The minimum atomic E-state index is -0.934. The Morgan fingerprint density at radius 1 is 1.42 bits per heavy atom. The Morgan fingerprint density at radius 2 is 2.11 bits per heavy atom. The number of aromatic amines is 1. The zero-order valence-electron chi connectivity index (χ0n) is 10.5. The standard InChI is InChI=1S/C12H16N4O3/c1-7(10-13-6-14-16-10)15-11(17)8-4-2-3-5-9(8)12(18)19/h2-3,6-9H,4-5H2,1H3,(H,15,17)(H,18,19)(H,13,14,16). The summed E-state index contributed by atoms with van der Waals surface area (Å²) in [4.78, 5) is 27.2. The zero-order chi connectivity index (χ0) is 13.8. The van der Waals surface area contributed by atoms with Gasteiger partial charge in [-0.25, -0.2) is 4.98 Å². The molecule has 19 heavy (non-hydrogen) atoms. The average molecular weight is 264 g/mol. The van der Waals surface area contributed by atoms with Crippen molar-refractivity contribution in [1.82, 2.24) is 20.5 Å². The highest BCUT2D eigenvalue weighted by Crippen LogP contribution is 2.26. The smallest absolute Gasteiger partial charge is 0.307 e. The molecule has 1 aromatic rings. The van der Waals surface area contributed by atoms with Crippen LogP contribution in [-0.4, -0.2) is 32.2 Å². The number of nitrogens with zero attached hydrogens (tertiary/aromatic N) is 2. The Labute approximate surface area is 110 Å². The number of carboxylic acids is 1. The summed E-state index contributed by atoms with van der Waals surface area (Å²) in [6, 6.07) is -0.324. The van der Waals surface area contributed by atoms with Gasteiger partial charge in [0.1, 0.15) is 12.2 Å². The normalized spacial score (nSPS) is 23.8. The molecule has 3 atom stereocenters. The van der Waals surface area contributed by atoms with Crippen molar-refractivity contribution in [2.45, 2.75) is 25.8 Å². The summed E-state index contributed by atoms with van der Waals surface area (Å²) in [6.45, 7) is 1.77. The van der Waals surface area contributed by atoms with Crippen LogP contribution in [0.25, 0.3) is 0 Å². The number of nitrogens with one attached hydrogen (secondary N) is 2. The summed E-state index contributed by atoms with van der Waals surface area (Å²) in [5.74, 6) is -1.84. The van der Waals surface area contributed by atoms with Crippen LogP contribution in [0.3, 0.4) is 0 Å². The van der Waals surface area contributed by atoms with Crippen molar-refractivity contribution >= 4 is 11.9 Å². The van der Waals surface area contributed by atoms with Gasteiger partial charge in [0, 0.05) is 0 Å². The number of aliphatic carboxylic acids is 1. The van der Waals surface area contributed by atoms with Gasteiger partial charge >= 0.3 is 5.97 Å². The third kappa shape index (κ3) is 2.98. The van der Waals surface area contributed by atoms with Crippen LogP contribution in [0.1, 0.15) is 31.6 Å². The highest BCUT2D eigenvalue weighted by molar-refractivity contribution is 5.85. The molecule has 0 bridgehead atoms. The van der Waals surface area contributed by atoms with Crippen LogP contribution >= 0.6 is 0 Å². The van der Waals surface area contributed by atoms with Gasteiger partial charge in [0.25, 0.3) is 0 Å². The molecular formula is C12H16N4O3. The van der Waals surface area contributed by atoms with E-state index in [0.29, 0.717) is 18.7 Å². The topological polar surface area (TPSA) is 108 Å². The molecule has 0 aliphatic heterocycles. The highest BCUT2D eigenvalue weighted by atomic mass is 16.4. The first-order valence-corrected chi connectivity index (χ1v) is 6.13. The lowest BCUT2D eigenvalue weighted by molar-refractivity contribution is -0.147. The van der Waals surface area contributed by atoms with E-state index in [0.717, 1.165) is 0 Å². The molecule has 1 heterocycles. The maximum atomic E-state index is 12.1. The van der Waals surface area contributed by atoms with Crippen molar-refractivity contribution in [3.05, 3.63) is 24.3 Å². The van der Waals surface area contributed by atoms with Crippen LogP contribution in [0.15, 0.2) is 18.5 Å². The van der Waals surface area contributed by atoms with Crippen molar-refractivity contribution < 1.29 is 14.7 Å². The lowest BCUT2D eigenvalue weighted by Gasteiger charge is -2.25. The fourth-order valence-electron chi connectivity index (χ4n) is 2.19. The van der Waals surface area contributed by atoms with E-state index in [1.807, 2.05) is 12.2 Å². The van der Waals surface area contributed by atoms with Gasteiger partial charge in [0.15, 0.2) is 0 Å². The van der Waals surface area contributed by atoms with Crippen molar-refractivity contribution in [3.63, 3.8) is 0 Å². The molecule has 1 amide bonds. The number of amides is 1. The maximum absolute atomic E-state index is 12.1. The molecule has 3 unspecified atom stereocenters. The quantitative estimate of drug-likeness (QED) is 0.692. The summed E-state index contributed by atoms with van der Waals surface area (Å²) in [6.07, 6.45) is 5.86. The Morgan fingerprint density at radius 3 is 2.68 bits per heavy atom. The summed E-state index contributed by atoms with van der Waals surface area (Å²) in [7, 11) is 0. The molecule has 7 heteroatoms. The number of carbonyl (C=O) groups is 2. The second-order valence-electron chi connectivity index (χ2n) is 4.60. The molecule has 1 aliphatic carbocycles. The van der Waals surface area contributed by atoms with Gasteiger partial charge in [-0.2, -0.15) is 5.10 Å². The second kappa shape index (κ2) is 5.64. The maximum Gasteiger partial charge on any atom is 0.307 e. The Hall–Kier alpha value is -2.18. The largest absolute Gasteiger partial charge is 0.481 e. The summed E-state index contributed by atoms with van der Waals surface area (Å²) in [5, 5.41) is 18.3. The predicted molar refractivity (Wildman–Crippen MR) is 65.9 cm³/mol. The lowest BCUT2D eigenvalue weighted by atomic mass is 9.82. The molecule has 0 fully saturated rings. The molecule has 0 radical (unpaired) electrons. The van der Waals surface area contributed by atoms with Crippen molar-refractivity contribution in [3.8, 4) is 0 Å². The highest BCUT2D eigenvalue weighted by Gasteiger charge is 2.34. The van der Waals surface area contributed by atoms with E-state index >= 15 is 0 Å². The van der Waals surface area contributed by atoms with Gasteiger partial charge in [-0.15, -0.1) is 0 Å². The van der Waals surface area contributed by atoms with Gasteiger partial charge < -0.3 is 10.4 Å². The van der Waals surface area contributed by atoms with Crippen molar-refractivity contribution in [2.75, 3.05) is 0 Å². The van der Waals surface area contributed by atoms with Gasteiger partial charge in [0.2, 0.25) is 5.91 Å². The zero-order valence-corrected chi connectivity index (χ0v) is 10.5. The fourth-order valence-corrected chi connectivity index (χ4v) is 2.19. The molecule has 0 aromatic carbocycles. The van der Waals surface area contributed by atoms with Crippen molar-refractivity contribution in [1.29, 1.82) is 0 Å². The number of carbonyl (C=O) groups excluding carboxylic acids is 1. The van der Waals surface area contributed by atoms with E-state index in [1.165, 1.54) is 6.33 Å². The van der Waals surface area contributed by atoms with E-state index < -0.39 is 17.8 Å². The van der Waals surface area contributed by atoms with Crippen LogP contribution < -0.4 is 5.32 Å². The minimum absolute atomic E-state index is 0.263. The number of hydrogen-bond acceptors (Lipinski definition) is 4. The Balaban J connectivity index is 2.02. The summed E-state index contributed by atoms with van der Waals surface area (Å²) >= 11 is 0. The molecule has 1 aromatic heterocycles. The number of H-pyrrole nitrogens is 1. The Kier molecular flexibility index (Phi) is 3.94. The monoisotopic (exact) mass is 264 g/mol. The van der Waals surface area contributed by atoms with Gasteiger partial charge in [0.05, 0.1) is 17.9 Å². The van der Waals surface area contributed by atoms with E-state index in [-0.39, 0.29) is 11.9 Å². The van der Waals surface area contributed by atoms with Crippen LogP contribution in [-0.2, 0) is 9.59 Å². The number of rotatable bonds is 4. The van der Waals surface area contributed by atoms with Crippen LogP contribution in [0.2, 0.25) is 0 Å². The summed E-state index contributed by atoms with van der Waals surface area (Å²) in [5.41, 5.74) is 0. The lowest BCUT2D eigenvalue weighted by Crippen LogP contribution is -2.40. The van der Waals surface area contributed by atoms with Gasteiger partial charge in [-0.05, 0) is 19.8 Å². The fraction of sp³-hybridized carbons (Fsp3) is 0.500. The molecule has 3 N–H and O–H groups in total. The molecule has 1 aliphatic rings. The summed E-state index contributed by atoms with van der Waals surface area (Å²) < 4.78 is 0. The van der Waals surface area contributed by atoms with E-state index in [9.17, 15) is 9.59 Å². The van der Waals surface area contributed by atoms with Gasteiger partial charge in [-0.3, -0.25) is 14.7 Å². The van der Waals surface area contributed by atoms with Crippen molar-refractivity contribution in [2.24, 2.45) is 11.8 Å². The molecular weight excluding hydrogens is 248 g/mol. The second-order valence-corrected chi connectivity index (χ2v) is 4.60. The Bertz CT molecular complexity index is 483. The number of hydrogen-bond donors (Lipinski definition) is 3. The third-order valence-electron chi connectivity index (χ3n) is 3.29. The SMILES string of the molecule is CC(NC(=O)C1CC=CCC1C(=O)O)c1ncn[nH]1. The van der Waals surface area contributed by atoms with Gasteiger partial charge in [-0.1, -0.05) is 12.2 Å². The van der Waals surface area contributed by atoms with Crippen LogP contribution in [0.4, 0.5) is 0 Å². The van der Waals surface area contributed by atoms with E-state index in [1.54, 1.807) is 6.92 Å². The van der Waals surface area contributed by atoms with E-state index in [4.69, 9.17) is 5.11 Å². The average Bonchev–Trinajstić information content (AvgIpc) is 2.92. The van der Waals surface area contributed by atoms with Crippen LogP contribution in [0, 0.1) is 11.8 Å².